The van der Waals surface area contributed by atoms with Crippen molar-refractivity contribution in [3.8, 4) is 5.69 Å². The maximum absolute atomic E-state index is 12.9. The summed E-state index contributed by atoms with van der Waals surface area (Å²) in [4.78, 5) is 21.6. The van der Waals surface area contributed by atoms with Gasteiger partial charge in [0.2, 0.25) is 0 Å². The minimum absolute atomic E-state index is 0.113. The van der Waals surface area contributed by atoms with Gasteiger partial charge in [0.15, 0.2) is 0 Å². The average molecular weight is 280 g/mol. The molecule has 0 spiro atoms. The second-order valence-corrected chi connectivity index (χ2v) is 5.08. The van der Waals surface area contributed by atoms with E-state index in [0.29, 0.717) is 22.4 Å². The topological polar surface area (TPSA) is 73.8 Å². The number of aromatic nitrogens is 3. The van der Waals surface area contributed by atoms with Crippen molar-refractivity contribution in [2.75, 3.05) is 0 Å². The van der Waals surface area contributed by atoms with Gasteiger partial charge in [0.05, 0.1) is 28.8 Å². The lowest BCUT2D eigenvalue weighted by Crippen LogP contribution is -2.28. The van der Waals surface area contributed by atoms with E-state index in [2.05, 4.69) is 9.97 Å². The number of hydrogen-bond acceptors (Lipinski definition) is 4. The Kier molecular flexibility index (Phi) is 3.27. The second-order valence-electron chi connectivity index (χ2n) is 5.08. The first-order chi connectivity index (χ1) is 10.1. The van der Waals surface area contributed by atoms with E-state index in [1.165, 1.54) is 0 Å². The van der Waals surface area contributed by atoms with Gasteiger partial charge in [0.25, 0.3) is 5.56 Å². The molecule has 2 aromatic heterocycles. The van der Waals surface area contributed by atoms with Crippen molar-refractivity contribution in [2.45, 2.75) is 19.9 Å². The summed E-state index contributed by atoms with van der Waals surface area (Å²) in [6, 6.07) is 8.89. The van der Waals surface area contributed by atoms with Crippen LogP contribution in [0.2, 0.25) is 0 Å². The summed E-state index contributed by atoms with van der Waals surface area (Å²) in [7, 11) is 0. The van der Waals surface area contributed by atoms with Crippen LogP contribution < -0.4 is 11.3 Å². The first-order valence-electron chi connectivity index (χ1n) is 6.78. The highest BCUT2D eigenvalue weighted by Gasteiger charge is 2.16. The Labute approximate surface area is 122 Å². The lowest BCUT2D eigenvalue weighted by atomic mass is 10.1. The largest absolute Gasteiger partial charge is 0.322 e. The van der Waals surface area contributed by atoms with Crippen molar-refractivity contribution in [2.24, 2.45) is 5.73 Å². The van der Waals surface area contributed by atoms with E-state index in [1.54, 1.807) is 23.0 Å². The summed E-state index contributed by atoms with van der Waals surface area (Å²) in [5.41, 5.74) is 8.14. The summed E-state index contributed by atoms with van der Waals surface area (Å²) in [5, 5.41) is 0.616. The SMILES string of the molecule is Cc1cccc2nc([C@H](C)N)n(-c3cccnc3)c(=O)c12. The molecule has 0 saturated carbocycles. The zero-order chi connectivity index (χ0) is 15.0. The standard InChI is InChI=1S/C16H16N4O/c1-10-5-3-7-13-14(10)16(21)20(15(19-13)11(2)17)12-6-4-8-18-9-12/h3-9,11H,17H2,1-2H3/t11-/m0/s1. The van der Waals surface area contributed by atoms with Crippen LogP contribution in [0.1, 0.15) is 24.4 Å². The fraction of sp³-hybridized carbons (Fsp3) is 0.188. The molecule has 0 aliphatic carbocycles. The lowest BCUT2D eigenvalue weighted by molar-refractivity contribution is 0.695. The molecule has 0 fully saturated rings. The van der Waals surface area contributed by atoms with Crippen LogP contribution in [0.25, 0.3) is 16.6 Å². The first kappa shape index (κ1) is 13.5. The van der Waals surface area contributed by atoms with Crippen molar-refractivity contribution in [3.05, 3.63) is 64.5 Å². The van der Waals surface area contributed by atoms with Gasteiger partial charge < -0.3 is 5.73 Å². The number of nitrogens with zero attached hydrogens (tertiary/aromatic N) is 3. The summed E-state index contributed by atoms with van der Waals surface area (Å²) >= 11 is 0. The summed E-state index contributed by atoms with van der Waals surface area (Å²) in [6.45, 7) is 3.72. The van der Waals surface area contributed by atoms with E-state index < -0.39 is 0 Å². The highest BCUT2D eigenvalue weighted by Crippen LogP contribution is 2.18. The number of nitrogens with two attached hydrogens (primary N) is 1. The van der Waals surface area contributed by atoms with E-state index in [9.17, 15) is 4.79 Å². The molecule has 106 valence electrons. The first-order valence-corrected chi connectivity index (χ1v) is 6.78. The molecule has 2 heterocycles. The normalized spacial score (nSPS) is 12.5. The van der Waals surface area contributed by atoms with E-state index >= 15 is 0 Å². The van der Waals surface area contributed by atoms with Gasteiger partial charge >= 0.3 is 0 Å². The predicted octanol–water partition coefficient (Wildman–Crippen LogP) is 2.11. The Bertz CT molecular complexity index is 853. The van der Waals surface area contributed by atoms with Crippen LogP contribution in [-0.2, 0) is 0 Å². The molecule has 5 heteroatoms. The minimum Gasteiger partial charge on any atom is -0.322 e. The molecule has 21 heavy (non-hydrogen) atoms. The lowest BCUT2D eigenvalue weighted by Gasteiger charge is -2.16. The third-order valence-electron chi connectivity index (χ3n) is 3.44. The third-order valence-corrected chi connectivity index (χ3v) is 3.44. The molecule has 5 nitrogen and oxygen atoms in total. The smallest absolute Gasteiger partial charge is 0.266 e. The van der Waals surface area contributed by atoms with Crippen LogP contribution in [0.5, 0.6) is 0 Å². The van der Waals surface area contributed by atoms with E-state index in [-0.39, 0.29) is 11.6 Å². The van der Waals surface area contributed by atoms with Crippen molar-refractivity contribution >= 4 is 10.9 Å². The van der Waals surface area contributed by atoms with Crippen LogP contribution in [-0.4, -0.2) is 14.5 Å². The predicted molar refractivity (Wildman–Crippen MR) is 82.5 cm³/mol. The zero-order valence-electron chi connectivity index (χ0n) is 11.9. The van der Waals surface area contributed by atoms with Gasteiger partial charge in [-0.2, -0.15) is 0 Å². The number of hydrogen-bond donors (Lipinski definition) is 1. The highest BCUT2D eigenvalue weighted by molar-refractivity contribution is 5.81. The van der Waals surface area contributed by atoms with Crippen molar-refractivity contribution in [1.82, 2.24) is 14.5 Å². The molecule has 0 saturated heterocycles. The van der Waals surface area contributed by atoms with Crippen molar-refractivity contribution in [3.63, 3.8) is 0 Å². The monoisotopic (exact) mass is 280 g/mol. The number of fused-ring (bicyclic) bond motifs is 1. The molecule has 1 atom stereocenters. The molecular formula is C16H16N4O. The second kappa shape index (κ2) is 5.10. The molecule has 3 rings (SSSR count). The van der Waals surface area contributed by atoms with Crippen molar-refractivity contribution < 1.29 is 0 Å². The van der Waals surface area contributed by atoms with E-state index in [4.69, 9.17) is 5.73 Å². The van der Waals surface area contributed by atoms with E-state index in [0.717, 1.165) is 5.56 Å². The van der Waals surface area contributed by atoms with Gasteiger partial charge in [0, 0.05) is 6.20 Å². The third kappa shape index (κ3) is 2.21. The molecule has 0 aliphatic heterocycles. The summed E-state index contributed by atoms with van der Waals surface area (Å²) < 4.78 is 1.55. The number of rotatable bonds is 2. The molecule has 2 N–H and O–H groups in total. The quantitative estimate of drug-likeness (QED) is 0.780. The number of aryl methyl sites for hydroxylation is 1. The van der Waals surface area contributed by atoms with Gasteiger partial charge in [-0.05, 0) is 37.6 Å². The molecule has 0 amide bonds. The van der Waals surface area contributed by atoms with Gasteiger partial charge in [0.1, 0.15) is 5.82 Å². The highest BCUT2D eigenvalue weighted by atomic mass is 16.1. The molecular weight excluding hydrogens is 264 g/mol. The Morgan fingerprint density at radius 1 is 1.24 bits per heavy atom. The fourth-order valence-corrected chi connectivity index (χ4v) is 2.45. The maximum Gasteiger partial charge on any atom is 0.266 e. The summed E-state index contributed by atoms with van der Waals surface area (Å²) in [6.07, 6.45) is 3.30. The number of pyridine rings is 1. The van der Waals surface area contributed by atoms with Gasteiger partial charge in [-0.1, -0.05) is 12.1 Å². The molecule has 0 aliphatic rings. The Hall–Kier alpha value is -2.53. The van der Waals surface area contributed by atoms with Crippen LogP contribution >= 0.6 is 0 Å². The maximum atomic E-state index is 12.9. The summed E-state index contributed by atoms with van der Waals surface area (Å²) in [5.74, 6) is 0.533. The van der Waals surface area contributed by atoms with Crippen LogP contribution in [0.3, 0.4) is 0 Å². The van der Waals surface area contributed by atoms with Gasteiger partial charge in [-0.15, -0.1) is 0 Å². The van der Waals surface area contributed by atoms with Crippen molar-refractivity contribution in [1.29, 1.82) is 0 Å². The fourth-order valence-electron chi connectivity index (χ4n) is 2.45. The van der Waals surface area contributed by atoms with Crippen LogP contribution in [0.15, 0.2) is 47.5 Å². The van der Waals surface area contributed by atoms with Gasteiger partial charge in [-0.3, -0.25) is 14.3 Å². The van der Waals surface area contributed by atoms with Crippen LogP contribution in [0.4, 0.5) is 0 Å². The minimum atomic E-state index is -0.359. The zero-order valence-corrected chi connectivity index (χ0v) is 11.9. The van der Waals surface area contributed by atoms with Crippen LogP contribution in [0, 0.1) is 6.92 Å². The molecule has 1 aromatic carbocycles. The molecule has 3 aromatic rings. The Balaban J connectivity index is 2.47. The average Bonchev–Trinajstić information content (AvgIpc) is 2.47. The van der Waals surface area contributed by atoms with Gasteiger partial charge in [-0.25, -0.2) is 4.98 Å². The Morgan fingerprint density at radius 2 is 2.05 bits per heavy atom. The van der Waals surface area contributed by atoms with E-state index in [1.807, 2.05) is 38.1 Å². The Morgan fingerprint density at radius 3 is 2.71 bits per heavy atom. The molecule has 0 radical (unpaired) electrons. The molecule has 0 unspecified atom stereocenters. The number of benzene rings is 1. The molecule has 0 bridgehead atoms.